The van der Waals surface area contributed by atoms with E-state index in [1.54, 1.807) is 33.8 Å². The number of nitrogens with two attached hydrogens (primary N) is 1. The summed E-state index contributed by atoms with van der Waals surface area (Å²) in [5, 5.41) is 9.74. The van der Waals surface area contributed by atoms with Crippen molar-refractivity contribution in [3.8, 4) is 11.5 Å². The van der Waals surface area contributed by atoms with E-state index in [-0.39, 0.29) is 35.7 Å². The normalized spacial score (nSPS) is 16.2. The highest BCUT2D eigenvalue weighted by Crippen LogP contribution is 2.38. The molecule has 0 aliphatic rings. The number of rotatable bonds is 14. The summed E-state index contributed by atoms with van der Waals surface area (Å²) < 4.78 is 16.7. The Morgan fingerprint density at radius 3 is 1.84 bits per heavy atom. The van der Waals surface area contributed by atoms with Crippen LogP contribution in [0.2, 0.25) is 0 Å². The van der Waals surface area contributed by atoms with Gasteiger partial charge in [0.25, 0.3) is 0 Å². The van der Waals surface area contributed by atoms with Gasteiger partial charge in [0.15, 0.2) is 11.5 Å². The summed E-state index contributed by atoms with van der Waals surface area (Å²) >= 11 is 0. The first-order chi connectivity index (χ1) is 17.2. The molecule has 0 aliphatic carbocycles. The lowest BCUT2D eigenvalue weighted by Crippen LogP contribution is -2.42. The van der Waals surface area contributed by atoms with Crippen molar-refractivity contribution in [2.75, 3.05) is 0 Å². The zero-order chi connectivity index (χ0) is 28.4. The molecule has 0 fully saturated rings. The molecule has 37 heavy (non-hydrogen) atoms. The summed E-state index contributed by atoms with van der Waals surface area (Å²) in [6.45, 7) is 14.4. The average Bonchev–Trinajstić information content (AvgIpc) is 2.83. The zero-order valence-corrected chi connectivity index (χ0v) is 23.3. The van der Waals surface area contributed by atoms with Crippen LogP contribution in [-0.4, -0.2) is 41.1 Å². The number of ether oxygens (including phenoxy) is 3. The van der Waals surface area contributed by atoms with Gasteiger partial charge in [-0.3, -0.25) is 19.2 Å². The number of aliphatic carboxylic acids is 1. The van der Waals surface area contributed by atoms with Crippen molar-refractivity contribution < 1.29 is 38.5 Å². The number of hydrogen-bond donors (Lipinski definition) is 2. The van der Waals surface area contributed by atoms with E-state index in [1.807, 2.05) is 27.7 Å². The van der Waals surface area contributed by atoms with E-state index in [0.717, 1.165) is 0 Å². The third kappa shape index (κ3) is 9.46. The SMILES string of the molecule is CCC(C)C(=O)Oc1ccc(C(C(C)C(C)OC(=O)CC(C)C)[C@H](N)C(=O)O)cc1OC(=O)C(C)CC. The van der Waals surface area contributed by atoms with Gasteiger partial charge < -0.3 is 25.1 Å². The molecule has 0 radical (unpaired) electrons. The summed E-state index contributed by atoms with van der Waals surface area (Å²) in [5.74, 6) is -4.52. The van der Waals surface area contributed by atoms with E-state index in [4.69, 9.17) is 19.9 Å². The number of benzene rings is 1. The molecule has 9 nitrogen and oxygen atoms in total. The van der Waals surface area contributed by atoms with E-state index in [0.29, 0.717) is 18.4 Å². The number of carboxylic acids is 1. The molecule has 1 aromatic rings. The lowest BCUT2D eigenvalue weighted by molar-refractivity contribution is -0.152. The first-order valence-electron chi connectivity index (χ1n) is 13.0. The fraction of sp³-hybridized carbons (Fsp3) is 0.643. The fourth-order valence-electron chi connectivity index (χ4n) is 3.63. The number of carbonyl (C=O) groups excluding carboxylic acids is 3. The Kier molecular flexibility index (Phi) is 12.8. The molecule has 0 aromatic heterocycles. The molecule has 208 valence electrons. The predicted octanol–water partition coefficient (Wildman–Crippen LogP) is 4.70. The first kappa shape index (κ1) is 32.1. The maximum atomic E-state index is 12.6. The van der Waals surface area contributed by atoms with Crippen LogP contribution in [-0.2, 0) is 23.9 Å². The van der Waals surface area contributed by atoms with Gasteiger partial charge in [-0.2, -0.15) is 0 Å². The number of carboxylic acid groups (broad SMARTS) is 1. The second kappa shape index (κ2) is 14.7. The molecule has 0 aliphatic heterocycles. The van der Waals surface area contributed by atoms with E-state index in [1.165, 1.54) is 12.1 Å². The van der Waals surface area contributed by atoms with Crippen LogP contribution < -0.4 is 15.2 Å². The average molecular weight is 522 g/mol. The van der Waals surface area contributed by atoms with Gasteiger partial charge in [0.2, 0.25) is 0 Å². The standard InChI is InChI=1S/C28H43NO8/c1-9-16(5)27(33)36-21-12-11-20(14-22(21)37-28(34)17(6)10-2)24(25(29)26(31)32)18(7)19(8)35-23(30)13-15(3)4/h11-12,14-19,24-25H,9-10,13,29H2,1-8H3,(H,31,32)/t16?,17?,18?,19?,24?,25-/m0/s1. The van der Waals surface area contributed by atoms with E-state index >= 15 is 0 Å². The van der Waals surface area contributed by atoms with Crippen LogP contribution in [0.5, 0.6) is 11.5 Å². The summed E-state index contributed by atoms with van der Waals surface area (Å²) in [6.07, 6.45) is 0.706. The number of hydrogen-bond acceptors (Lipinski definition) is 8. The molecule has 0 spiro atoms. The van der Waals surface area contributed by atoms with E-state index in [9.17, 15) is 24.3 Å². The maximum Gasteiger partial charge on any atom is 0.321 e. The van der Waals surface area contributed by atoms with Gasteiger partial charge in [0, 0.05) is 18.3 Å². The second-order valence-electron chi connectivity index (χ2n) is 10.2. The number of carbonyl (C=O) groups is 4. The van der Waals surface area contributed by atoms with Crippen molar-refractivity contribution in [3.63, 3.8) is 0 Å². The monoisotopic (exact) mass is 521 g/mol. The molecule has 1 aromatic carbocycles. The Morgan fingerprint density at radius 2 is 1.38 bits per heavy atom. The van der Waals surface area contributed by atoms with Crippen LogP contribution in [0.15, 0.2) is 18.2 Å². The van der Waals surface area contributed by atoms with Crippen molar-refractivity contribution >= 4 is 23.9 Å². The maximum absolute atomic E-state index is 12.6. The van der Waals surface area contributed by atoms with Crippen LogP contribution in [0.4, 0.5) is 0 Å². The molecular weight excluding hydrogens is 478 g/mol. The summed E-state index contributed by atoms with van der Waals surface area (Å²) in [6, 6.07) is 3.20. The van der Waals surface area contributed by atoms with Gasteiger partial charge in [0.05, 0.1) is 11.8 Å². The van der Waals surface area contributed by atoms with Crippen molar-refractivity contribution in [1.29, 1.82) is 0 Å². The highest BCUT2D eigenvalue weighted by Gasteiger charge is 2.36. The molecule has 1 rings (SSSR count). The highest BCUT2D eigenvalue weighted by molar-refractivity contribution is 5.79. The summed E-state index contributed by atoms with van der Waals surface area (Å²) in [4.78, 5) is 49.2. The molecule has 0 amide bonds. The molecule has 3 N–H and O–H groups in total. The van der Waals surface area contributed by atoms with Crippen molar-refractivity contribution in [1.82, 2.24) is 0 Å². The summed E-state index contributed by atoms with van der Waals surface area (Å²) in [7, 11) is 0. The van der Waals surface area contributed by atoms with Crippen LogP contribution in [0, 0.1) is 23.7 Å². The lowest BCUT2D eigenvalue weighted by Gasteiger charge is -2.32. The van der Waals surface area contributed by atoms with Crippen LogP contribution in [0.25, 0.3) is 0 Å². The quantitative estimate of drug-likeness (QED) is 0.263. The third-order valence-corrected chi connectivity index (χ3v) is 6.67. The molecule has 0 saturated heterocycles. The molecule has 9 heteroatoms. The lowest BCUT2D eigenvalue weighted by atomic mass is 9.79. The Balaban J connectivity index is 3.48. The largest absolute Gasteiger partial charge is 0.480 e. The third-order valence-electron chi connectivity index (χ3n) is 6.67. The van der Waals surface area contributed by atoms with Gasteiger partial charge >= 0.3 is 23.9 Å². The van der Waals surface area contributed by atoms with Crippen molar-refractivity contribution in [2.24, 2.45) is 29.4 Å². The van der Waals surface area contributed by atoms with Crippen molar-refractivity contribution in [3.05, 3.63) is 23.8 Å². The van der Waals surface area contributed by atoms with Gasteiger partial charge in [-0.05, 0) is 43.4 Å². The minimum atomic E-state index is -1.34. The molecule has 0 saturated carbocycles. The molecule has 5 unspecified atom stereocenters. The van der Waals surface area contributed by atoms with Gasteiger partial charge in [-0.1, -0.05) is 54.5 Å². The Morgan fingerprint density at radius 1 is 0.865 bits per heavy atom. The molecule has 6 atom stereocenters. The second-order valence-corrected chi connectivity index (χ2v) is 10.2. The van der Waals surface area contributed by atoms with Crippen LogP contribution in [0.1, 0.15) is 86.1 Å². The Bertz CT molecular complexity index is 944. The van der Waals surface area contributed by atoms with E-state index < -0.39 is 47.8 Å². The highest BCUT2D eigenvalue weighted by atomic mass is 16.6. The molecule has 0 heterocycles. The molecule has 0 bridgehead atoms. The van der Waals surface area contributed by atoms with Crippen LogP contribution >= 0.6 is 0 Å². The first-order valence-corrected chi connectivity index (χ1v) is 13.0. The molecular formula is C28H43NO8. The smallest absolute Gasteiger partial charge is 0.321 e. The van der Waals surface area contributed by atoms with Gasteiger partial charge in [-0.15, -0.1) is 0 Å². The van der Waals surface area contributed by atoms with Crippen LogP contribution in [0.3, 0.4) is 0 Å². The fourth-order valence-corrected chi connectivity index (χ4v) is 3.63. The number of esters is 3. The minimum absolute atomic E-state index is 0.00121. The summed E-state index contributed by atoms with van der Waals surface area (Å²) in [5.41, 5.74) is 6.56. The Hall–Kier alpha value is -2.94. The topological polar surface area (TPSA) is 142 Å². The van der Waals surface area contributed by atoms with Crippen molar-refractivity contribution in [2.45, 2.75) is 92.7 Å². The zero-order valence-electron chi connectivity index (χ0n) is 23.3. The van der Waals surface area contributed by atoms with Gasteiger partial charge in [0.1, 0.15) is 12.1 Å². The Labute approximate surface area is 220 Å². The minimum Gasteiger partial charge on any atom is -0.480 e. The predicted molar refractivity (Wildman–Crippen MR) is 139 cm³/mol. The van der Waals surface area contributed by atoms with Gasteiger partial charge in [-0.25, -0.2) is 0 Å². The van der Waals surface area contributed by atoms with E-state index in [2.05, 4.69) is 0 Å².